The standard InChI is InChI=1S/C12H21N3S/c1-6-7-9-14-10(13-5)8-11(15-9)16-12(2,3)4/h8H,6-7H2,1-5H3,(H,13,14,15). The number of nitrogens with zero attached hydrogens (tertiary/aromatic N) is 2. The van der Waals surface area contributed by atoms with Crippen molar-refractivity contribution in [3.63, 3.8) is 0 Å². The van der Waals surface area contributed by atoms with Crippen LogP contribution in [0.15, 0.2) is 11.1 Å². The highest BCUT2D eigenvalue weighted by Crippen LogP contribution is 2.31. The molecule has 0 unspecified atom stereocenters. The smallest absolute Gasteiger partial charge is 0.132 e. The maximum absolute atomic E-state index is 4.57. The lowest BCUT2D eigenvalue weighted by Gasteiger charge is -2.17. The number of rotatable bonds is 4. The van der Waals surface area contributed by atoms with E-state index >= 15 is 0 Å². The normalized spacial score (nSPS) is 11.6. The van der Waals surface area contributed by atoms with Crippen molar-refractivity contribution in [2.24, 2.45) is 0 Å². The van der Waals surface area contributed by atoms with Crippen LogP contribution in [0.1, 0.15) is 39.9 Å². The van der Waals surface area contributed by atoms with Gasteiger partial charge in [-0.1, -0.05) is 27.7 Å². The van der Waals surface area contributed by atoms with Crippen LogP contribution < -0.4 is 5.32 Å². The Morgan fingerprint density at radius 2 is 2.00 bits per heavy atom. The van der Waals surface area contributed by atoms with Gasteiger partial charge in [-0.2, -0.15) is 0 Å². The number of nitrogens with one attached hydrogen (secondary N) is 1. The summed E-state index contributed by atoms with van der Waals surface area (Å²) in [5.41, 5.74) is 0. The van der Waals surface area contributed by atoms with E-state index in [0.29, 0.717) is 0 Å². The molecule has 0 spiro atoms. The van der Waals surface area contributed by atoms with E-state index in [1.807, 2.05) is 13.1 Å². The SMILES string of the molecule is CCCc1nc(NC)cc(SC(C)(C)C)n1. The zero-order chi connectivity index (χ0) is 12.2. The second kappa shape index (κ2) is 5.53. The zero-order valence-electron chi connectivity index (χ0n) is 10.8. The van der Waals surface area contributed by atoms with Gasteiger partial charge in [0.2, 0.25) is 0 Å². The number of thioether (sulfide) groups is 1. The number of anilines is 1. The third-order valence-electron chi connectivity index (χ3n) is 1.89. The minimum absolute atomic E-state index is 0.183. The Morgan fingerprint density at radius 1 is 1.31 bits per heavy atom. The van der Waals surface area contributed by atoms with Gasteiger partial charge in [-0.15, -0.1) is 11.8 Å². The highest BCUT2D eigenvalue weighted by molar-refractivity contribution is 8.00. The molecule has 1 aromatic heterocycles. The third kappa shape index (κ3) is 4.39. The summed E-state index contributed by atoms with van der Waals surface area (Å²) in [5, 5.41) is 4.14. The first kappa shape index (κ1) is 13.3. The van der Waals surface area contributed by atoms with Crippen LogP contribution in [0.5, 0.6) is 0 Å². The lowest BCUT2D eigenvalue weighted by Crippen LogP contribution is -2.09. The van der Waals surface area contributed by atoms with Crippen LogP contribution in [0.2, 0.25) is 0 Å². The zero-order valence-corrected chi connectivity index (χ0v) is 11.6. The summed E-state index contributed by atoms with van der Waals surface area (Å²) in [5.74, 6) is 1.84. The first-order valence-corrected chi connectivity index (χ1v) is 6.51. The highest BCUT2D eigenvalue weighted by Gasteiger charge is 2.14. The van der Waals surface area contributed by atoms with Crippen LogP contribution in [-0.4, -0.2) is 21.8 Å². The Bertz CT molecular complexity index is 345. The minimum Gasteiger partial charge on any atom is -0.373 e. The van der Waals surface area contributed by atoms with Crippen molar-refractivity contribution in [2.75, 3.05) is 12.4 Å². The van der Waals surface area contributed by atoms with Gasteiger partial charge in [0.15, 0.2) is 0 Å². The predicted molar refractivity (Wildman–Crippen MR) is 71.2 cm³/mol. The number of aromatic nitrogens is 2. The van der Waals surface area contributed by atoms with Gasteiger partial charge >= 0.3 is 0 Å². The fraction of sp³-hybridized carbons (Fsp3) is 0.667. The van der Waals surface area contributed by atoms with E-state index in [4.69, 9.17) is 0 Å². The van der Waals surface area contributed by atoms with Crippen molar-refractivity contribution in [1.29, 1.82) is 0 Å². The Hall–Kier alpha value is -0.770. The Balaban J connectivity index is 2.95. The summed E-state index contributed by atoms with van der Waals surface area (Å²) in [4.78, 5) is 9.00. The fourth-order valence-corrected chi connectivity index (χ4v) is 2.25. The maximum Gasteiger partial charge on any atom is 0.132 e. The van der Waals surface area contributed by atoms with Crippen LogP contribution in [0, 0.1) is 0 Å². The number of hydrogen-bond donors (Lipinski definition) is 1. The predicted octanol–water partition coefficient (Wildman–Crippen LogP) is 3.36. The average Bonchev–Trinajstić information content (AvgIpc) is 2.15. The summed E-state index contributed by atoms with van der Waals surface area (Å²) in [6.07, 6.45) is 2.01. The molecule has 16 heavy (non-hydrogen) atoms. The third-order valence-corrected chi connectivity index (χ3v) is 2.92. The Kier molecular flexibility index (Phi) is 4.59. The average molecular weight is 239 g/mol. The van der Waals surface area contributed by atoms with Gasteiger partial charge < -0.3 is 5.32 Å². The molecule has 0 radical (unpaired) electrons. The van der Waals surface area contributed by atoms with E-state index < -0.39 is 0 Å². The molecule has 0 fully saturated rings. The fourth-order valence-electron chi connectivity index (χ4n) is 1.30. The molecule has 3 nitrogen and oxygen atoms in total. The van der Waals surface area contributed by atoms with Crippen molar-refractivity contribution in [3.05, 3.63) is 11.9 Å². The van der Waals surface area contributed by atoms with E-state index in [1.165, 1.54) is 0 Å². The molecule has 0 saturated carbocycles. The van der Waals surface area contributed by atoms with Gasteiger partial charge in [0.1, 0.15) is 16.7 Å². The summed E-state index contributed by atoms with van der Waals surface area (Å²) >= 11 is 1.78. The first-order chi connectivity index (χ1) is 7.44. The molecule has 1 aromatic rings. The molecule has 90 valence electrons. The van der Waals surface area contributed by atoms with E-state index in [2.05, 4.69) is 43.0 Å². The van der Waals surface area contributed by atoms with Gasteiger partial charge in [0.05, 0.1) is 0 Å². The minimum atomic E-state index is 0.183. The van der Waals surface area contributed by atoms with Crippen LogP contribution in [0.4, 0.5) is 5.82 Å². The van der Waals surface area contributed by atoms with Crippen molar-refractivity contribution in [1.82, 2.24) is 9.97 Å². The molecule has 0 aliphatic heterocycles. The van der Waals surface area contributed by atoms with Gasteiger partial charge in [-0.25, -0.2) is 9.97 Å². The lowest BCUT2D eigenvalue weighted by atomic mass is 10.3. The molecule has 0 aliphatic carbocycles. The van der Waals surface area contributed by atoms with Crippen LogP contribution in [-0.2, 0) is 6.42 Å². The van der Waals surface area contributed by atoms with Crippen LogP contribution in [0.3, 0.4) is 0 Å². The van der Waals surface area contributed by atoms with Gasteiger partial charge in [0.25, 0.3) is 0 Å². The molecule has 0 aliphatic rings. The van der Waals surface area contributed by atoms with Crippen molar-refractivity contribution in [3.8, 4) is 0 Å². The highest BCUT2D eigenvalue weighted by atomic mass is 32.2. The molecular weight excluding hydrogens is 218 g/mol. The summed E-state index contributed by atoms with van der Waals surface area (Å²) < 4.78 is 0.183. The van der Waals surface area contributed by atoms with Gasteiger partial charge in [-0.05, 0) is 6.42 Å². The number of hydrogen-bond acceptors (Lipinski definition) is 4. The molecule has 0 bridgehead atoms. The monoisotopic (exact) mass is 239 g/mol. The van der Waals surface area contributed by atoms with Crippen molar-refractivity contribution >= 4 is 17.6 Å². The largest absolute Gasteiger partial charge is 0.373 e. The van der Waals surface area contributed by atoms with Crippen LogP contribution in [0.25, 0.3) is 0 Å². The summed E-state index contributed by atoms with van der Waals surface area (Å²) in [7, 11) is 1.89. The molecule has 0 aromatic carbocycles. The first-order valence-electron chi connectivity index (χ1n) is 5.69. The summed E-state index contributed by atoms with van der Waals surface area (Å²) in [6.45, 7) is 8.72. The molecular formula is C12H21N3S. The molecule has 0 saturated heterocycles. The van der Waals surface area contributed by atoms with E-state index in [1.54, 1.807) is 11.8 Å². The molecule has 1 heterocycles. The van der Waals surface area contributed by atoms with Crippen molar-refractivity contribution < 1.29 is 0 Å². The Labute approximate surface area is 102 Å². The van der Waals surface area contributed by atoms with E-state index in [9.17, 15) is 0 Å². The van der Waals surface area contributed by atoms with E-state index in [0.717, 1.165) is 29.5 Å². The second-order valence-electron chi connectivity index (χ2n) is 4.72. The van der Waals surface area contributed by atoms with Crippen LogP contribution >= 0.6 is 11.8 Å². The number of aryl methyl sites for hydroxylation is 1. The van der Waals surface area contributed by atoms with Gasteiger partial charge in [-0.3, -0.25) is 0 Å². The molecule has 1 rings (SSSR count). The van der Waals surface area contributed by atoms with Gasteiger partial charge in [0, 0.05) is 24.3 Å². The quantitative estimate of drug-likeness (QED) is 0.646. The second-order valence-corrected chi connectivity index (χ2v) is 6.57. The maximum atomic E-state index is 4.57. The Morgan fingerprint density at radius 3 is 2.50 bits per heavy atom. The molecule has 1 N–H and O–H groups in total. The molecule has 0 atom stereocenters. The lowest BCUT2D eigenvalue weighted by molar-refractivity contribution is 0.784. The van der Waals surface area contributed by atoms with Crippen molar-refractivity contribution in [2.45, 2.75) is 50.3 Å². The summed E-state index contributed by atoms with van der Waals surface area (Å²) in [6, 6.07) is 2.01. The van der Waals surface area contributed by atoms with E-state index in [-0.39, 0.29) is 4.75 Å². The topological polar surface area (TPSA) is 37.8 Å². The molecule has 4 heteroatoms. The molecule has 0 amide bonds.